The minimum absolute atomic E-state index is 0.509. The van der Waals surface area contributed by atoms with Crippen molar-refractivity contribution in [2.24, 2.45) is 5.73 Å². The molecule has 0 amide bonds. The Labute approximate surface area is 108 Å². The summed E-state index contributed by atoms with van der Waals surface area (Å²) in [6.45, 7) is 5.10. The molecule has 0 saturated carbocycles. The van der Waals surface area contributed by atoms with Gasteiger partial charge in [0, 0.05) is 5.56 Å². The summed E-state index contributed by atoms with van der Waals surface area (Å²) >= 11 is 0. The molecule has 3 heteroatoms. The van der Waals surface area contributed by atoms with Gasteiger partial charge in [-0.15, -0.1) is 0 Å². The van der Waals surface area contributed by atoms with Gasteiger partial charge in [0.1, 0.15) is 0 Å². The molecular weight excluding hydrogens is 224 g/mol. The molecule has 3 nitrogen and oxygen atoms in total. The third kappa shape index (κ3) is 2.79. The number of oxazole rings is 1. The third-order valence-corrected chi connectivity index (χ3v) is 3.15. The maximum Gasteiger partial charge on any atom is 0.181 e. The van der Waals surface area contributed by atoms with Crippen LogP contribution in [0.4, 0.5) is 0 Å². The van der Waals surface area contributed by atoms with Gasteiger partial charge < -0.3 is 10.2 Å². The predicted molar refractivity (Wildman–Crippen MR) is 73.4 cm³/mol. The molecule has 0 aliphatic rings. The average Bonchev–Trinajstić information content (AvgIpc) is 2.89. The Kier molecular flexibility index (Phi) is 4.15. The Balaban J connectivity index is 2.40. The largest absolute Gasteiger partial charge is 0.444 e. The number of hydrogen-bond donors (Lipinski definition) is 1. The predicted octanol–water partition coefficient (Wildman–Crippen LogP) is 3.36. The van der Waals surface area contributed by atoms with E-state index in [1.807, 2.05) is 0 Å². The highest BCUT2D eigenvalue weighted by molar-refractivity contribution is 5.62. The van der Waals surface area contributed by atoms with E-state index in [1.54, 1.807) is 6.20 Å². The highest BCUT2D eigenvalue weighted by Gasteiger charge is 2.10. The van der Waals surface area contributed by atoms with Crippen LogP contribution in [0.1, 0.15) is 37.3 Å². The Hall–Kier alpha value is -1.61. The minimum atomic E-state index is 0.509. The standard InChI is InChI=1S/C15H20N2O/c1-11(2)13-6-5-12(4-3-7-16)14(8-13)15-9-17-10-18-15/h5-6,8-11H,3-4,7,16H2,1-2H3. The van der Waals surface area contributed by atoms with Gasteiger partial charge in [-0.3, -0.25) is 0 Å². The van der Waals surface area contributed by atoms with Crippen molar-refractivity contribution in [3.8, 4) is 11.3 Å². The summed E-state index contributed by atoms with van der Waals surface area (Å²) in [5, 5.41) is 0. The highest BCUT2D eigenvalue weighted by atomic mass is 16.3. The van der Waals surface area contributed by atoms with Crippen molar-refractivity contribution in [2.75, 3.05) is 6.54 Å². The van der Waals surface area contributed by atoms with Crippen LogP contribution in [0.3, 0.4) is 0 Å². The van der Waals surface area contributed by atoms with Crippen molar-refractivity contribution >= 4 is 0 Å². The van der Waals surface area contributed by atoms with E-state index in [-0.39, 0.29) is 0 Å². The lowest BCUT2D eigenvalue weighted by atomic mass is 9.94. The van der Waals surface area contributed by atoms with Crippen LogP contribution < -0.4 is 5.73 Å². The number of aryl methyl sites for hydroxylation is 1. The van der Waals surface area contributed by atoms with Crippen molar-refractivity contribution in [1.82, 2.24) is 4.98 Å². The zero-order chi connectivity index (χ0) is 13.0. The first kappa shape index (κ1) is 12.8. The molecule has 0 bridgehead atoms. The molecule has 0 radical (unpaired) electrons. The summed E-state index contributed by atoms with van der Waals surface area (Å²) in [6, 6.07) is 6.58. The maximum atomic E-state index is 5.59. The number of hydrogen-bond acceptors (Lipinski definition) is 3. The van der Waals surface area contributed by atoms with Crippen LogP contribution in [-0.2, 0) is 6.42 Å². The van der Waals surface area contributed by atoms with Gasteiger partial charge in [0.2, 0.25) is 0 Å². The fraction of sp³-hybridized carbons (Fsp3) is 0.400. The Morgan fingerprint density at radius 3 is 2.78 bits per heavy atom. The summed E-state index contributed by atoms with van der Waals surface area (Å²) in [4.78, 5) is 4.00. The van der Waals surface area contributed by atoms with Gasteiger partial charge in [-0.25, -0.2) is 4.98 Å². The normalized spacial score (nSPS) is 11.1. The fourth-order valence-electron chi connectivity index (χ4n) is 2.04. The molecule has 96 valence electrons. The molecule has 2 aromatic rings. The number of aromatic nitrogens is 1. The van der Waals surface area contributed by atoms with Gasteiger partial charge in [0.05, 0.1) is 6.20 Å². The van der Waals surface area contributed by atoms with Crippen LogP contribution in [0.2, 0.25) is 0 Å². The number of nitrogens with two attached hydrogens (primary N) is 1. The molecule has 0 spiro atoms. The van der Waals surface area contributed by atoms with Gasteiger partial charge in [0.15, 0.2) is 12.2 Å². The Morgan fingerprint density at radius 2 is 2.17 bits per heavy atom. The average molecular weight is 244 g/mol. The molecule has 0 aliphatic heterocycles. The number of nitrogens with zero attached hydrogens (tertiary/aromatic N) is 1. The summed E-state index contributed by atoms with van der Waals surface area (Å²) in [7, 11) is 0. The second-order valence-electron chi connectivity index (χ2n) is 4.83. The Bertz CT molecular complexity index is 489. The fourth-order valence-corrected chi connectivity index (χ4v) is 2.04. The highest BCUT2D eigenvalue weighted by Crippen LogP contribution is 2.28. The molecule has 0 atom stereocenters. The SMILES string of the molecule is CC(C)c1ccc(CCCN)c(-c2cnco2)c1. The molecule has 0 fully saturated rings. The van der Waals surface area contributed by atoms with E-state index in [1.165, 1.54) is 17.5 Å². The van der Waals surface area contributed by atoms with Crippen molar-refractivity contribution in [3.05, 3.63) is 41.9 Å². The topological polar surface area (TPSA) is 52.0 Å². The van der Waals surface area contributed by atoms with Crippen LogP contribution in [0.25, 0.3) is 11.3 Å². The first-order valence-corrected chi connectivity index (χ1v) is 6.44. The second kappa shape index (κ2) is 5.83. The first-order valence-electron chi connectivity index (χ1n) is 6.44. The third-order valence-electron chi connectivity index (χ3n) is 3.15. The number of rotatable bonds is 5. The summed E-state index contributed by atoms with van der Waals surface area (Å²) in [6.07, 6.45) is 5.21. The smallest absolute Gasteiger partial charge is 0.181 e. The van der Waals surface area contributed by atoms with E-state index in [4.69, 9.17) is 10.2 Å². The summed E-state index contributed by atoms with van der Waals surface area (Å²) < 4.78 is 5.43. The van der Waals surface area contributed by atoms with Crippen LogP contribution in [0.5, 0.6) is 0 Å². The molecule has 18 heavy (non-hydrogen) atoms. The van der Waals surface area contributed by atoms with Crippen molar-refractivity contribution < 1.29 is 4.42 Å². The molecule has 2 N–H and O–H groups in total. The lowest BCUT2D eigenvalue weighted by molar-refractivity contribution is 0.571. The van der Waals surface area contributed by atoms with Crippen LogP contribution in [0.15, 0.2) is 35.2 Å². The van der Waals surface area contributed by atoms with Crippen LogP contribution in [-0.4, -0.2) is 11.5 Å². The lowest BCUT2D eigenvalue weighted by Crippen LogP contribution is -2.02. The van der Waals surface area contributed by atoms with Crippen molar-refractivity contribution in [2.45, 2.75) is 32.6 Å². The quantitative estimate of drug-likeness (QED) is 0.877. The monoisotopic (exact) mass is 244 g/mol. The molecule has 0 aliphatic carbocycles. The van der Waals surface area contributed by atoms with Crippen molar-refractivity contribution in [1.29, 1.82) is 0 Å². The van der Waals surface area contributed by atoms with Crippen molar-refractivity contribution in [3.63, 3.8) is 0 Å². The molecule has 0 saturated heterocycles. The van der Waals surface area contributed by atoms with E-state index in [0.29, 0.717) is 12.5 Å². The van der Waals surface area contributed by atoms with Gasteiger partial charge in [-0.05, 0) is 42.5 Å². The van der Waals surface area contributed by atoms with E-state index in [9.17, 15) is 0 Å². The van der Waals surface area contributed by atoms with Crippen LogP contribution >= 0.6 is 0 Å². The van der Waals surface area contributed by atoms with Crippen LogP contribution in [0, 0.1) is 0 Å². The summed E-state index contributed by atoms with van der Waals surface area (Å²) in [5.41, 5.74) is 9.33. The zero-order valence-corrected chi connectivity index (χ0v) is 11.0. The zero-order valence-electron chi connectivity index (χ0n) is 11.0. The van der Waals surface area contributed by atoms with E-state index in [0.717, 1.165) is 24.2 Å². The summed E-state index contributed by atoms with van der Waals surface area (Å²) in [5.74, 6) is 1.35. The van der Waals surface area contributed by atoms with E-state index in [2.05, 4.69) is 37.0 Å². The van der Waals surface area contributed by atoms with Gasteiger partial charge in [-0.1, -0.05) is 26.0 Å². The minimum Gasteiger partial charge on any atom is -0.444 e. The molecule has 1 heterocycles. The van der Waals surface area contributed by atoms with E-state index < -0.39 is 0 Å². The number of benzene rings is 1. The Morgan fingerprint density at radius 1 is 1.33 bits per heavy atom. The second-order valence-corrected chi connectivity index (χ2v) is 4.83. The van der Waals surface area contributed by atoms with E-state index >= 15 is 0 Å². The van der Waals surface area contributed by atoms with Gasteiger partial charge >= 0.3 is 0 Å². The first-order chi connectivity index (χ1) is 8.72. The lowest BCUT2D eigenvalue weighted by Gasteiger charge is -2.11. The molecular formula is C15H20N2O. The maximum absolute atomic E-state index is 5.59. The molecule has 2 rings (SSSR count). The molecule has 0 unspecified atom stereocenters. The van der Waals surface area contributed by atoms with Gasteiger partial charge in [-0.2, -0.15) is 0 Å². The molecule has 1 aromatic heterocycles. The molecule has 1 aromatic carbocycles. The van der Waals surface area contributed by atoms with Gasteiger partial charge in [0.25, 0.3) is 0 Å².